The molecule has 0 saturated heterocycles. The van der Waals surface area contributed by atoms with Gasteiger partial charge < -0.3 is 19.3 Å². The van der Waals surface area contributed by atoms with Gasteiger partial charge in [0, 0.05) is 6.54 Å². The number of rotatable bonds is 7. The molecule has 0 unspecified atom stereocenters. The molecule has 0 saturated carbocycles. The monoisotopic (exact) mass is 419 g/mol. The van der Waals surface area contributed by atoms with Crippen molar-refractivity contribution in [2.45, 2.75) is 18.5 Å². The Hall–Kier alpha value is -3.02. The van der Waals surface area contributed by atoms with Gasteiger partial charge in [0.2, 0.25) is 0 Å². The zero-order valence-electron chi connectivity index (χ0n) is 18.2. The maximum atomic E-state index is 10.4. The van der Waals surface area contributed by atoms with E-state index < -0.39 is 0 Å². The van der Waals surface area contributed by atoms with Crippen molar-refractivity contribution in [3.63, 3.8) is 0 Å². The molecule has 31 heavy (non-hydrogen) atoms. The van der Waals surface area contributed by atoms with Crippen LogP contribution in [0.2, 0.25) is 0 Å². The molecule has 0 aliphatic carbocycles. The van der Waals surface area contributed by atoms with Crippen LogP contribution in [0.5, 0.6) is 17.2 Å². The summed E-state index contributed by atoms with van der Waals surface area (Å²) in [5.74, 6) is 2.27. The summed E-state index contributed by atoms with van der Waals surface area (Å²) >= 11 is 0. The Kier molecular flexibility index (Phi) is 6.44. The first kappa shape index (κ1) is 21.2. The van der Waals surface area contributed by atoms with E-state index in [0.29, 0.717) is 5.75 Å². The third-order valence-electron chi connectivity index (χ3n) is 6.10. The van der Waals surface area contributed by atoms with Crippen LogP contribution in [0.1, 0.15) is 34.3 Å². The van der Waals surface area contributed by atoms with Crippen molar-refractivity contribution in [1.82, 2.24) is 4.90 Å². The number of ether oxygens (including phenoxy) is 3. The fraction of sp³-hybridized carbons (Fsp3) is 0.308. The van der Waals surface area contributed by atoms with E-state index in [9.17, 15) is 5.11 Å². The average Bonchev–Trinajstić information content (AvgIpc) is 2.84. The van der Waals surface area contributed by atoms with Crippen molar-refractivity contribution < 1.29 is 19.3 Å². The van der Waals surface area contributed by atoms with E-state index in [4.69, 9.17) is 14.2 Å². The highest BCUT2D eigenvalue weighted by Crippen LogP contribution is 2.44. The van der Waals surface area contributed by atoms with Gasteiger partial charge in [-0.15, -0.1) is 0 Å². The lowest BCUT2D eigenvalue weighted by atomic mass is 9.85. The first-order valence-corrected chi connectivity index (χ1v) is 10.5. The van der Waals surface area contributed by atoms with Crippen LogP contribution in [0.15, 0.2) is 66.7 Å². The Bertz CT molecular complexity index is 1000. The largest absolute Gasteiger partial charge is 0.497 e. The molecule has 1 aliphatic heterocycles. The lowest BCUT2D eigenvalue weighted by Crippen LogP contribution is -2.40. The van der Waals surface area contributed by atoms with Crippen molar-refractivity contribution in [3.05, 3.63) is 89.0 Å². The Morgan fingerprint density at radius 1 is 0.903 bits per heavy atom. The Balaban J connectivity index is 1.85. The Morgan fingerprint density at radius 2 is 1.58 bits per heavy atom. The molecular weight excluding hydrogens is 390 g/mol. The van der Waals surface area contributed by atoms with Crippen LogP contribution >= 0.6 is 0 Å². The summed E-state index contributed by atoms with van der Waals surface area (Å²) < 4.78 is 16.5. The van der Waals surface area contributed by atoms with Crippen molar-refractivity contribution in [2.75, 3.05) is 34.5 Å². The average molecular weight is 420 g/mol. The second-order valence-electron chi connectivity index (χ2n) is 7.68. The highest BCUT2D eigenvalue weighted by Gasteiger charge is 2.35. The maximum Gasteiger partial charge on any atom is 0.161 e. The molecule has 5 nitrogen and oxygen atoms in total. The molecule has 1 N–H and O–H groups in total. The topological polar surface area (TPSA) is 51.2 Å². The maximum absolute atomic E-state index is 10.4. The van der Waals surface area contributed by atoms with Crippen molar-refractivity contribution in [1.29, 1.82) is 0 Å². The van der Waals surface area contributed by atoms with Crippen LogP contribution in [0.4, 0.5) is 0 Å². The lowest BCUT2D eigenvalue weighted by molar-refractivity contribution is 0.0901. The summed E-state index contributed by atoms with van der Waals surface area (Å²) in [5, 5.41) is 10.4. The summed E-state index contributed by atoms with van der Waals surface area (Å²) in [4.78, 5) is 2.38. The van der Waals surface area contributed by atoms with E-state index in [2.05, 4.69) is 41.3 Å². The summed E-state index contributed by atoms with van der Waals surface area (Å²) in [6.07, 6.45) is 0.867. The zero-order valence-corrected chi connectivity index (χ0v) is 18.2. The summed E-state index contributed by atoms with van der Waals surface area (Å²) in [5.41, 5.74) is 4.65. The Morgan fingerprint density at radius 3 is 2.19 bits per heavy atom. The number of fused-ring (bicyclic) bond motifs is 1. The lowest BCUT2D eigenvalue weighted by Gasteiger charge is -2.42. The van der Waals surface area contributed by atoms with E-state index in [1.807, 2.05) is 30.3 Å². The second kappa shape index (κ2) is 9.41. The van der Waals surface area contributed by atoms with Crippen LogP contribution in [-0.2, 0) is 6.42 Å². The molecule has 2 atom stereocenters. The predicted molar refractivity (Wildman–Crippen MR) is 121 cm³/mol. The van der Waals surface area contributed by atoms with Gasteiger partial charge in [-0.05, 0) is 52.9 Å². The highest BCUT2D eigenvalue weighted by molar-refractivity contribution is 5.52. The number of hydrogen-bond acceptors (Lipinski definition) is 5. The predicted octanol–water partition coefficient (Wildman–Crippen LogP) is 4.39. The highest BCUT2D eigenvalue weighted by atomic mass is 16.5. The van der Waals surface area contributed by atoms with E-state index in [1.165, 1.54) is 11.1 Å². The smallest absolute Gasteiger partial charge is 0.161 e. The number of benzene rings is 3. The zero-order chi connectivity index (χ0) is 21.8. The Labute approximate surface area is 183 Å². The van der Waals surface area contributed by atoms with Crippen LogP contribution in [-0.4, -0.2) is 44.5 Å². The van der Waals surface area contributed by atoms with Crippen molar-refractivity contribution >= 4 is 0 Å². The molecule has 1 heterocycles. The van der Waals surface area contributed by atoms with Gasteiger partial charge in [0.15, 0.2) is 11.5 Å². The van der Waals surface area contributed by atoms with Crippen LogP contribution < -0.4 is 14.2 Å². The normalized spacial score (nSPS) is 17.0. The van der Waals surface area contributed by atoms with Crippen LogP contribution in [0, 0.1) is 0 Å². The van der Waals surface area contributed by atoms with E-state index in [-0.39, 0.29) is 18.7 Å². The van der Waals surface area contributed by atoms with E-state index in [0.717, 1.165) is 35.6 Å². The molecule has 5 heteroatoms. The van der Waals surface area contributed by atoms with Gasteiger partial charge in [0.1, 0.15) is 5.75 Å². The van der Waals surface area contributed by atoms with Gasteiger partial charge in [-0.3, -0.25) is 4.90 Å². The standard InChI is InChI=1S/C26H29NO4/c1-29-21-11-9-19(10-12-21)26-22-16-25(31-3)24(30-2)15-20(22)13-14-27(26)23(17-28)18-7-5-4-6-8-18/h4-12,15-16,23,26,28H,13-14,17H2,1-3H3/t23-,26+/m0/s1. The van der Waals surface area contributed by atoms with Gasteiger partial charge >= 0.3 is 0 Å². The summed E-state index contributed by atoms with van der Waals surface area (Å²) in [6, 6.07) is 22.4. The molecule has 0 aromatic heterocycles. The minimum Gasteiger partial charge on any atom is -0.497 e. The van der Waals surface area contributed by atoms with Gasteiger partial charge in [0.25, 0.3) is 0 Å². The third-order valence-corrected chi connectivity index (χ3v) is 6.10. The third kappa shape index (κ3) is 4.11. The van der Waals surface area contributed by atoms with Crippen molar-refractivity contribution in [3.8, 4) is 17.2 Å². The molecule has 0 fully saturated rings. The van der Waals surface area contributed by atoms with E-state index >= 15 is 0 Å². The molecule has 0 radical (unpaired) electrons. The van der Waals surface area contributed by atoms with Crippen LogP contribution in [0.25, 0.3) is 0 Å². The van der Waals surface area contributed by atoms with Gasteiger partial charge in [-0.25, -0.2) is 0 Å². The fourth-order valence-corrected chi connectivity index (χ4v) is 4.54. The molecule has 0 spiro atoms. The summed E-state index contributed by atoms with van der Waals surface area (Å²) in [6.45, 7) is 0.860. The van der Waals surface area contributed by atoms with E-state index in [1.54, 1.807) is 21.3 Å². The SMILES string of the molecule is COc1ccc([C@@H]2c3cc(OC)c(OC)cc3CCN2[C@@H](CO)c2ccccc2)cc1. The first-order valence-electron chi connectivity index (χ1n) is 10.5. The number of hydrogen-bond donors (Lipinski definition) is 1. The minimum atomic E-state index is -0.116. The molecule has 1 aliphatic rings. The minimum absolute atomic E-state index is 0.0354. The quantitative estimate of drug-likeness (QED) is 0.615. The number of methoxy groups -OCH3 is 3. The molecule has 3 aromatic carbocycles. The first-order chi connectivity index (χ1) is 15.2. The molecule has 0 amide bonds. The molecular formula is C26H29NO4. The second-order valence-corrected chi connectivity index (χ2v) is 7.68. The molecule has 0 bridgehead atoms. The summed E-state index contributed by atoms with van der Waals surface area (Å²) in [7, 11) is 5.00. The number of nitrogens with zero attached hydrogens (tertiary/aromatic N) is 1. The molecule has 3 aromatic rings. The molecule has 4 rings (SSSR count). The number of aliphatic hydroxyl groups is 1. The van der Waals surface area contributed by atoms with Crippen molar-refractivity contribution in [2.24, 2.45) is 0 Å². The fourth-order valence-electron chi connectivity index (χ4n) is 4.54. The van der Waals surface area contributed by atoms with Gasteiger partial charge in [-0.2, -0.15) is 0 Å². The van der Waals surface area contributed by atoms with Crippen LogP contribution in [0.3, 0.4) is 0 Å². The molecule has 162 valence electrons. The number of aliphatic hydroxyl groups excluding tert-OH is 1. The van der Waals surface area contributed by atoms with Gasteiger partial charge in [0.05, 0.1) is 40.0 Å². The van der Waals surface area contributed by atoms with Gasteiger partial charge in [-0.1, -0.05) is 42.5 Å².